The molecule has 0 aliphatic carbocycles. The lowest BCUT2D eigenvalue weighted by atomic mass is 10.1. The van der Waals surface area contributed by atoms with Crippen molar-refractivity contribution in [1.29, 1.82) is 0 Å². The van der Waals surface area contributed by atoms with Crippen LogP contribution in [0.1, 0.15) is 13.8 Å². The van der Waals surface area contributed by atoms with Crippen LogP contribution in [0.15, 0.2) is 11.1 Å². The number of halogens is 4. The van der Waals surface area contributed by atoms with E-state index in [0.29, 0.717) is 9.65 Å². The molecule has 0 nitrogen and oxygen atoms in total. The van der Waals surface area contributed by atoms with Crippen LogP contribution in [0.3, 0.4) is 0 Å². The fourth-order valence-corrected chi connectivity index (χ4v) is 4.37. The smallest absolute Gasteiger partial charge is 0.0338 e. The quantitative estimate of drug-likeness (QED) is 0.453. The first kappa shape index (κ1) is 13.7. The summed E-state index contributed by atoms with van der Waals surface area (Å²) in [6, 6.07) is 0. The van der Waals surface area contributed by atoms with Crippen molar-refractivity contribution in [1.82, 2.24) is 0 Å². The highest BCUT2D eigenvalue weighted by molar-refractivity contribution is 9.10. The summed E-state index contributed by atoms with van der Waals surface area (Å²) < 4.78 is 0. The Morgan fingerprint density at radius 2 is 1.17 bits per heavy atom. The molecule has 0 rings (SSSR count). The van der Waals surface area contributed by atoms with E-state index in [9.17, 15) is 0 Å². The Morgan fingerprint density at radius 3 is 1.25 bits per heavy atom. The van der Waals surface area contributed by atoms with Gasteiger partial charge in [0.15, 0.2) is 0 Å². The lowest BCUT2D eigenvalue weighted by molar-refractivity contribution is 1.04. The minimum Gasteiger partial charge on any atom is -0.0879 e. The molecule has 2 unspecified atom stereocenters. The molecular formula is C8H12Br4. The molecule has 0 bridgehead atoms. The van der Waals surface area contributed by atoms with Gasteiger partial charge in [-0.1, -0.05) is 63.7 Å². The Morgan fingerprint density at radius 1 is 0.917 bits per heavy atom. The van der Waals surface area contributed by atoms with Crippen molar-refractivity contribution < 1.29 is 0 Å². The molecule has 72 valence electrons. The predicted molar refractivity (Wildman–Crippen MR) is 71.4 cm³/mol. The van der Waals surface area contributed by atoms with E-state index in [-0.39, 0.29) is 0 Å². The van der Waals surface area contributed by atoms with Crippen LogP contribution in [-0.2, 0) is 0 Å². The fraction of sp³-hybridized carbons (Fsp3) is 0.750. The first-order valence-electron chi connectivity index (χ1n) is 3.66. The van der Waals surface area contributed by atoms with E-state index in [0.717, 1.165) is 10.7 Å². The van der Waals surface area contributed by atoms with Crippen molar-refractivity contribution in [2.75, 3.05) is 10.7 Å². The second kappa shape index (κ2) is 7.02. The summed E-state index contributed by atoms with van der Waals surface area (Å²) >= 11 is 14.2. The summed E-state index contributed by atoms with van der Waals surface area (Å²) in [4.78, 5) is 0.869. The largest absolute Gasteiger partial charge is 0.0879 e. The van der Waals surface area contributed by atoms with E-state index in [4.69, 9.17) is 0 Å². The van der Waals surface area contributed by atoms with Gasteiger partial charge in [0.1, 0.15) is 0 Å². The van der Waals surface area contributed by atoms with E-state index in [1.165, 1.54) is 11.1 Å². The standard InChI is InChI=1S/C8H12Br4/c1-5(11)7(3-9)8(4-10)6(2)12/h5-6H,3-4H2,1-2H3/b8-7+. The maximum Gasteiger partial charge on any atom is 0.0338 e. The van der Waals surface area contributed by atoms with Crippen molar-refractivity contribution in [2.45, 2.75) is 23.5 Å². The van der Waals surface area contributed by atoms with E-state index >= 15 is 0 Å². The van der Waals surface area contributed by atoms with Gasteiger partial charge in [-0.3, -0.25) is 0 Å². The summed E-state index contributed by atoms with van der Waals surface area (Å²) in [7, 11) is 0. The van der Waals surface area contributed by atoms with Crippen LogP contribution in [0.2, 0.25) is 0 Å². The van der Waals surface area contributed by atoms with Crippen LogP contribution in [0.25, 0.3) is 0 Å². The van der Waals surface area contributed by atoms with Gasteiger partial charge in [-0.2, -0.15) is 0 Å². The Bertz CT molecular complexity index is 142. The maximum absolute atomic E-state index is 3.58. The summed E-state index contributed by atoms with van der Waals surface area (Å²) in [5.74, 6) is 0. The molecule has 0 aliphatic rings. The van der Waals surface area contributed by atoms with Gasteiger partial charge < -0.3 is 0 Å². The molecular weight excluding hydrogens is 416 g/mol. The third-order valence-electron chi connectivity index (χ3n) is 1.66. The lowest BCUT2D eigenvalue weighted by Crippen LogP contribution is -2.10. The summed E-state index contributed by atoms with van der Waals surface area (Å²) in [5.41, 5.74) is 2.83. The minimum absolute atomic E-state index is 0.435. The molecule has 0 saturated heterocycles. The SMILES string of the molecule is CC(Br)/C(CBr)=C(\CBr)C(C)Br. The maximum atomic E-state index is 3.58. The van der Waals surface area contributed by atoms with Gasteiger partial charge >= 0.3 is 0 Å². The first-order chi connectivity index (χ1) is 5.54. The third kappa shape index (κ3) is 4.25. The highest BCUT2D eigenvalue weighted by Gasteiger charge is 2.13. The number of hydrogen-bond acceptors (Lipinski definition) is 0. The van der Waals surface area contributed by atoms with Crippen LogP contribution in [0.4, 0.5) is 0 Å². The highest BCUT2D eigenvalue weighted by Crippen LogP contribution is 2.25. The zero-order valence-electron chi connectivity index (χ0n) is 7.08. The van der Waals surface area contributed by atoms with Crippen molar-refractivity contribution in [2.24, 2.45) is 0 Å². The highest BCUT2D eigenvalue weighted by atomic mass is 79.9. The molecule has 0 amide bonds. The van der Waals surface area contributed by atoms with Gasteiger partial charge in [0, 0.05) is 20.3 Å². The number of alkyl halides is 4. The van der Waals surface area contributed by atoms with Crippen molar-refractivity contribution in [3.05, 3.63) is 11.1 Å². The van der Waals surface area contributed by atoms with Gasteiger partial charge in [0.25, 0.3) is 0 Å². The first-order valence-corrected chi connectivity index (χ1v) is 7.73. The Labute approximate surface area is 108 Å². The third-order valence-corrected chi connectivity index (χ3v) is 3.97. The molecule has 0 N–H and O–H groups in total. The van der Waals surface area contributed by atoms with Crippen LogP contribution in [0, 0.1) is 0 Å². The summed E-state index contributed by atoms with van der Waals surface area (Å²) in [6.07, 6.45) is 0. The zero-order chi connectivity index (χ0) is 9.72. The molecule has 0 aromatic heterocycles. The lowest BCUT2D eigenvalue weighted by Gasteiger charge is -2.15. The molecule has 0 heterocycles. The van der Waals surface area contributed by atoms with Gasteiger partial charge in [0.2, 0.25) is 0 Å². The van der Waals surface area contributed by atoms with E-state index < -0.39 is 0 Å². The van der Waals surface area contributed by atoms with Crippen molar-refractivity contribution in [3.8, 4) is 0 Å². The molecule has 0 radical (unpaired) electrons. The average Bonchev–Trinajstić information content (AvgIpc) is 1.98. The van der Waals surface area contributed by atoms with Crippen molar-refractivity contribution in [3.63, 3.8) is 0 Å². The van der Waals surface area contributed by atoms with Crippen LogP contribution in [0.5, 0.6) is 0 Å². The number of hydrogen-bond donors (Lipinski definition) is 0. The minimum atomic E-state index is 0.435. The molecule has 0 spiro atoms. The van der Waals surface area contributed by atoms with E-state index in [1.54, 1.807) is 0 Å². The van der Waals surface area contributed by atoms with Gasteiger partial charge in [-0.15, -0.1) is 0 Å². The molecule has 2 atom stereocenters. The summed E-state index contributed by atoms with van der Waals surface area (Å²) in [5, 5.41) is 1.85. The summed E-state index contributed by atoms with van der Waals surface area (Å²) in [6.45, 7) is 4.29. The van der Waals surface area contributed by atoms with Crippen LogP contribution >= 0.6 is 63.7 Å². The average molecular weight is 428 g/mol. The van der Waals surface area contributed by atoms with Crippen molar-refractivity contribution >= 4 is 63.7 Å². The molecule has 12 heavy (non-hydrogen) atoms. The van der Waals surface area contributed by atoms with E-state index in [2.05, 4.69) is 77.6 Å². The number of rotatable bonds is 4. The van der Waals surface area contributed by atoms with Crippen LogP contribution in [-0.4, -0.2) is 20.3 Å². The van der Waals surface area contributed by atoms with Crippen LogP contribution < -0.4 is 0 Å². The number of allylic oxidation sites excluding steroid dienone is 2. The molecule has 0 fully saturated rings. The monoisotopic (exact) mass is 424 g/mol. The normalized spacial score (nSPS) is 18.5. The Hall–Kier alpha value is 1.66. The van der Waals surface area contributed by atoms with E-state index in [1.807, 2.05) is 0 Å². The molecule has 4 heteroatoms. The Balaban J connectivity index is 4.74. The fourth-order valence-electron chi connectivity index (χ4n) is 0.895. The molecule has 0 aromatic rings. The topological polar surface area (TPSA) is 0 Å². The predicted octanol–water partition coefficient (Wildman–Crippen LogP) is 4.64. The second-order valence-corrected chi connectivity index (χ2v) is 6.42. The molecule has 0 aliphatic heterocycles. The van der Waals surface area contributed by atoms with Gasteiger partial charge in [0.05, 0.1) is 0 Å². The Kier molecular flexibility index (Phi) is 7.99. The molecule has 0 aromatic carbocycles. The molecule has 0 saturated carbocycles. The van der Waals surface area contributed by atoms with Gasteiger partial charge in [-0.25, -0.2) is 0 Å². The van der Waals surface area contributed by atoms with Gasteiger partial charge in [-0.05, 0) is 25.0 Å². The second-order valence-electron chi connectivity index (χ2n) is 2.55. The zero-order valence-corrected chi connectivity index (χ0v) is 13.4.